The van der Waals surface area contributed by atoms with Gasteiger partial charge in [-0.1, -0.05) is 68.8 Å². The van der Waals surface area contributed by atoms with Crippen molar-refractivity contribution < 1.29 is 9.59 Å². The number of aryl methyl sites for hydroxylation is 4. The maximum atomic E-state index is 13.3. The fourth-order valence-corrected chi connectivity index (χ4v) is 5.67. The predicted octanol–water partition coefficient (Wildman–Crippen LogP) is 7.01. The molecule has 0 atom stereocenters. The highest BCUT2D eigenvalue weighted by Gasteiger charge is 2.24. The number of piperazine rings is 1. The zero-order valence-corrected chi connectivity index (χ0v) is 27.0. The lowest BCUT2D eigenvalue weighted by atomic mass is 9.92. The van der Waals surface area contributed by atoms with Gasteiger partial charge in [0, 0.05) is 55.5 Å². The van der Waals surface area contributed by atoms with Gasteiger partial charge in [-0.3, -0.25) is 15.0 Å². The van der Waals surface area contributed by atoms with E-state index in [1.54, 1.807) is 4.68 Å². The van der Waals surface area contributed by atoms with E-state index in [1.807, 2.05) is 87.2 Å². The maximum absolute atomic E-state index is 13.3. The standard InChI is InChI=1S/C36H44N6O2/c1-24-12-14-29(15-13-24)42-32(22-31(39-42)36(5,6)7)37-35(44)38-33-26(3)20-28(21-27(33)4)23-40-16-18-41(19-17-40)34(43)30-11-9-8-10-25(30)2/h8-15,20-22H,16-19,23H2,1-7H3,(H2,37,38,44). The number of amides is 3. The third kappa shape index (κ3) is 7.03. The molecule has 3 aromatic carbocycles. The van der Waals surface area contributed by atoms with Crippen LogP contribution in [0.3, 0.4) is 0 Å². The van der Waals surface area contributed by atoms with Crippen molar-refractivity contribution in [3.8, 4) is 5.69 Å². The van der Waals surface area contributed by atoms with Gasteiger partial charge in [0.2, 0.25) is 0 Å². The first-order valence-electron chi connectivity index (χ1n) is 15.3. The zero-order chi connectivity index (χ0) is 31.6. The van der Waals surface area contributed by atoms with Crippen LogP contribution in [0.4, 0.5) is 16.3 Å². The number of hydrogen-bond donors (Lipinski definition) is 2. The number of nitrogens with zero attached hydrogens (tertiary/aromatic N) is 4. The van der Waals surface area contributed by atoms with Crippen LogP contribution in [0.5, 0.6) is 0 Å². The molecule has 0 unspecified atom stereocenters. The van der Waals surface area contributed by atoms with Crippen LogP contribution >= 0.6 is 0 Å². The van der Waals surface area contributed by atoms with Gasteiger partial charge in [0.15, 0.2) is 0 Å². The number of aromatic nitrogens is 2. The lowest BCUT2D eigenvalue weighted by molar-refractivity contribution is 0.0627. The molecular weight excluding hydrogens is 548 g/mol. The second-order valence-corrected chi connectivity index (χ2v) is 13.0. The van der Waals surface area contributed by atoms with Crippen LogP contribution in [0.2, 0.25) is 0 Å². The van der Waals surface area contributed by atoms with Crippen molar-refractivity contribution in [3.05, 3.63) is 106 Å². The summed E-state index contributed by atoms with van der Waals surface area (Å²) in [5.74, 6) is 0.725. The third-order valence-electron chi connectivity index (χ3n) is 8.27. The van der Waals surface area contributed by atoms with Crippen molar-refractivity contribution >= 4 is 23.4 Å². The molecule has 44 heavy (non-hydrogen) atoms. The number of urea groups is 1. The first-order valence-corrected chi connectivity index (χ1v) is 15.3. The Hall–Kier alpha value is -4.43. The third-order valence-corrected chi connectivity index (χ3v) is 8.27. The fraction of sp³-hybridized carbons (Fsp3) is 0.361. The minimum Gasteiger partial charge on any atom is -0.336 e. The lowest BCUT2D eigenvalue weighted by Gasteiger charge is -2.35. The van der Waals surface area contributed by atoms with Gasteiger partial charge in [-0.15, -0.1) is 0 Å². The highest BCUT2D eigenvalue weighted by atomic mass is 16.2. The highest BCUT2D eigenvalue weighted by Crippen LogP contribution is 2.28. The van der Waals surface area contributed by atoms with Crippen LogP contribution in [-0.4, -0.2) is 57.7 Å². The van der Waals surface area contributed by atoms with Crippen LogP contribution in [0.15, 0.2) is 66.7 Å². The minimum atomic E-state index is -0.313. The maximum Gasteiger partial charge on any atom is 0.324 e. The molecule has 3 amide bonds. The number of carbonyl (C=O) groups is 2. The van der Waals surface area contributed by atoms with Crippen LogP contribution in [0, 0.1) is 27.7 Å². The van der Waals surface area contributed by atoms with E-state index in [0.717, 1.165) is 64.5 Å². The first-order chi connectivity index (χ1) is 20.9. The molecule has 0 spiro atoms. The van der Waals surface area contributed by atoms with Gasteiger partial charge in [0.05, 0.1) is 11.4 Å². The average Bonchev–Trinajstić information content (AvgIpc) is 3.40. The van der Waals surface area contributed by atoms with E-state index in [0.29, 0.717) is 18.9 Å². The number of rotatable bonds is 6. The smallest absolute Gasteiger partial charge is 0.324 e. The molecule has 0 aliphatic carbocycles. The second kappa shape index (κ2) is 12.7. The second-order valence-electron chi connectivity index (χ2n) is 13.0. The number of anilines is 2. The quantitative estimate of drug-likeness (QED) is 0.252. The molecule has 1 aliphatic heterocycles. The summed E-state index contributed by atoms with van der Waals surface area (Å²) >= 11 is 0. The van der Waals surface area contributed by atoms with Gasteiger partial charge in [-0.25, -0.2) is 9.48 Å². The van der Waals surface area contributed by atoms with E-state index in [4.69, 9.17) is 5.10 Å². The van der Waals surface area contributed by atoms with Gasteiger partial charge in [0.25, 0.3) is 5.91 Å². The summed E-state index contributed by atoms with van der Waals surface area (Å²) in [5.41, 5.74) is 8.58. The van der Waals surface area contributed by atoms with E-state index < -0.39 is 0 Å². The van der Waals surface area contributed by atoms with Gasteiger partial charge in [0.1, 0.15) is 5.82 Å². The Labute approximate surface area is 261 Å². The number of benzene rings is 3. The lowest BCUT2D eigenvalue weighted by Crippen LogP contribution is -2.48. The molecule has 2 N–H and O–H groups in total. The molecule has 230 valence electrons. The van der Waals surface area contributed by atoms with E-state index in [9.17, 15) is 9.59 Å². The van der Waals surface area contributed by atoms with E-state index in [1.165, 1.54) is 5.56 Å². The topological polar surface area (TPSA) is 82.5 Å². The minimum absolute atomic E-state index is 0.111. The van der Waals surface area contributed by atoms with Crippen LogP contribution in [-0.2, 0) is 12.0 Å². The molecule has 8 nitrogen and oxygen atoms in total. The summed E-state index contributed by atoms with van der Waals surface area (Å²) in [7, 11) is 0. The molecule has 1 saturated heterocycles. The number of hydrogen-bond acceptors (Lipinski definition) is 4. The first kappa shape index (κ1) is 31.0. The monoisotopic (exact) mass is 592 g/mol. The molecule has 0 radical (unpaired) electrons. The van der Waals surface area contributed by atoms with Crippen LogP contribution in [0.1, 0.15) is 64.6 Å². The van der Waals surface area contributed by atoms with Gasteiger partial charge in [-0.2, -0.15) is 5.10 Å². The Morgan fingerprint density at radius 1 is 0.795 bits per heavy atom. The molecule has 5 rings (SSSR count). The van der Waals surface area contributed by atoms with Gasteiger partial charge >= 0.3 is 6.03 Å². The number of carbonyl (C=O) groups excluding carboxylic acids is 2. The van der Waals surface area contributed by atoms with E-state index in [-0.39, 0.29) is 17.4 Å². The Morgan fingerprint density at radius 3 is 2.05 bits per heavy atom. The van der Waals surface area contributed by atoms with E-state index >= 15 is 0 Å². The van der Waals surface area contributed by atoms with Crippen molar-refractivity contribution in [2.75, 3.05) is 36.8 Å². The Bertz CT molecular complexity index is 1630. The highest BCUT2D eigenvalue weighted by molar-refractivity contribution is 6.00. The molecule has 1 aromatic heterocycles. The average molecular weight is 593 g/mol. The molecule has 8 heteroatoms. The Morgan fingerprint density at radius 2 is 1.43 bits per heavy atom. The molecule has 1 aliphatic rings. The Balaban J connectivity index is 1.23. The van der Waals surface area contributed by atoms with Crippen molar-refractivity contribution in [2.24, 2.45) is 0 Å². The fourth-order valence-electron chi connectivity index (χ4n) is 5.67. The Kier molecular flexibility index (Phi) is 8.92. The molecule has 0 saturated carbocycles. The summed E-state index contributed by atoms with van der Waals surface area (Å²) in [6, 6.07) is 21.8. The largest absolute Gasteiger partial charge is 0.336 e. The predicted molar refractivity (Wildman–Crippen MR) is 178 cm³/mol. The van der Waals surface area contributed by atoms with E-state index in [2.05, 4.69) is 48.4 Å². The molecule has 1 fully saturated rings. The molecule has 0 bridgehead atoms. The summed E-state index contributed by atoms with van der Waals surface area (Å²) in [5, 5.41) is 10.9. The summed E-state index contributed by atoms with van der Waals surface area (Å²) in [6.07, 6.45) is 0. The SMILES string of the molecule is Cc1ccc(-n2nc(C(C)(C)C)cc2NC(=O)Nc2c(C)cc(CN3CCN(C(=O)c4ccccc4C)CC3)cc2C)cc1. The molecule has 4 aromatic rings. The van der Waals surface area contributed by atoms with Crippen molar-refractivity contribution in [3.63, 3.8) is 0 Å². The summed E-state index contributed by atoms with van der Waals surface area (Å²) in [4.78, 5) is 30.7. The van der Waals surface area contributed by atoms with Crippen LogP contribution < -0.4 is 10.6 Å². The van der Waals surface area contributed by atoms with Gasteiger partial charge < -0.3 is 10.2 Å². The number of nitrogens with one attached hydrogen (secondary N) is 2. The summed E-state index contributed by atoms with van der Waals surface area (Å²) in [6.45, 7) is 18.3. The molecule has 2 heterocycles. The summed E-state index contributed by atoms with van der Waals surface area (Å²) < 4.78 is 1.79. The van der Waals surface area contributed by atoms with Crippen molar-refractivity contribution in [1.29, 1.82) is 0 Å². The van der Waals surface area contributed by atoms with Gasteiger partial charge in [-0.05, 0) is 68.1 Å². The van der Waals surface area contributed by atoms with Crippen LogP contribution in [0.25, 0.3) is 5.69 Å². The molecular formula is C36H44N6O2. The van der Waals surface area contributed by atoms with Crippen molar-refractivity contribution in [2.45, 2.75) is 60.4 Å². The van der Waals surface area contributed by atoms with Crippen molar-refractivity contribution in [1.82, 2.24) is 19.6 Å². The normalized spacial score (nSPS) is 14.0. The zero-order valence-electron chi connectivity index (χ0n) is 27.0.